The van der Waals surface area contributed by atoms with E-state index in [2.05, 4.69) is 10.3 Å². The number of aryl methyl sites for hydroxylation is 2. The summed E-state index contributed by atoms with van der Waals surface area (Å²) >= 11 is 6.17. The van der Waals surface area contributed by atoms with Gasteiger partial charge >= 0.3 is 5.69 Å². The van der Waals surface area contributed by atoms with Gasteiger partial charge in [0.15, 0.2) is 11.2 Å². The lowest BCUT2D eigenvalue weighted by Gasteiger charge is -2.10. The lowest BCUT2D eigenvalue weighted by atomic mass is 10.3. The second kappa shape index (κ2) is 6.31. The van der Waals surface area contributed by atoms with Gasteiger partial charge in [0.2, 0.25) is 5.78 Å². The van der Waals surface area contributed by atoms with Gasteiger partial charge in [0.1, 0.15) is 0 Å². The van der Waals surface area contributed by atoms with Gasteiger partial charge < -0.3 is 9.88 Å². The Morgan fingerprint density at radius 1 is 1.15 bits per heavy atom. The zero-order valence-corrected chi connectivity index (χ0v) is 16.0. The van der Waals surface area contributed by atoms with Gasteiger partial charge in [-0.3, -0.25) is 18.3 Å². The summed E-state index contributed by atoms with van der Waals surface area (Å²) in [5.74, 6) is 0.627. The Kier molecular flexibility index (Phi) is 4.07. The minimum Gasteiger partial charge on any atom is -0.382 e. The first-order chi connectivity index (χ1) is 12.9. The number of halogens is 1. The average Bonchev–Trinajstić information content (AvgIpc) is 3.15. The van der Waals surface area contributed by atoms with E-state index < -0.39 is 5.69 Å². The smallest absolute Gasteiger partial charge is 0.332 e. The summed E-state index contributed by atoms with van der Waals surface area (Å²) < 4.78 is 6.25. The molecule has 0 aliphatic rings. The lowest BCUT2D eigenvalue weighted by molar-refractivity contribution is 0.706. The van der Waals surface area contributed by atoms with Crippen LogP contribution in [0.1, 0.15) is 5.69 Å². The van der Waals surface area contributed by atoms with Crippen LogP contribution in [-0.4, -0.2) is 29.6 Å². The van der Waals surface area contributed by atoms with Crippen LogP contribution in [-0.2, 0) is 20.6 Å². The number of nitrogens with zero attached hydrogens (tertiary/aromatic N) is 5. The zero-order valence-electron chi connectivity index (χ0n) is 15.2. The van der Waals surface area contributed by atoms with E-state index in [-0.39, 0.29) is 5.56 Å². The first kappa shape index (κ1) is 17.4. The summed E-state index contributed by atoms with van der Waals surface area (Å²) in [6, 6.07) is 7.56. The van der Waals surface area contributed by atoms with Crippen LogP contribution < -0.4 is 16.6 Å². The van der Waals surface area contributed by atoms with Crippen molar-refractivity contribution in [3.63, 3.8) is 0 Å². The molecule has 0 atom stereocenters. The highest BCUT2D eigenvalue weighted by Crippen LogP contribution is 2.20. The van der Waals surface area contributed by atoms with E-state index in [0.717, 1.165) is 15.9 Å². The highest BCUT2D eigenvalue weighted by molar-refractivity contribution is 6.33. The van der Waals surface area contributed by atoms with E-state index in [1.54, 1.807) is 11.4 Å². The molecule has 0 aliphatic carbocycles. The van der Waals surface area contributed by atoms with Gasteiger partial charge in [0.05, 0.1) is 10.7 Å². The molecule has 4 rings (SSSR count). The van der Waals surface area contributed by atoms with Crippen molar-refractivity contribution in [2.75, 3.05) is 11.9 Å². The van der Waals surface area contributed by atoms with Gasteiger partial charge in [-0.15, -0.1) is 0 Å². The van der Waals surface area contributed by atoms with Crippen LogP contribution in [0.5, 0.6) is 0 Å². The van der Waals surface area contributed by atoms with E-state index in [4.69, 9.17) is 11.6 Å². The molecule has 0 amide bonds. The number of fused-ring (bicyclic) bond motifs is 3. The van der Waals surface area contributed by atoms with Crippen LogP contribution in [0.15, 0.2) is 40.1 Å². The molecule has 140 valence electrons. The number of hydrogen-bond acceptors (Lipinski definition) is 4. The molecule has 9 heteroatoms. The maximum atomic E-state index is 12.6. The van der Waals surface area contributed by atoms with Gasteiger partial charge in [0.25, 0.3) is 5.56 Å². The van der Waals surface area contributed by atoms with Crippen molar-refractivity contribution in [1.29, 1.82) is 0 Å². The topological polar surface area (TPSA) is 78.3 Å². The second-order valence-electron chi connectivity index (χ2n) is 6.49. The molecule has 0 bridgehead atoms. The third kappa shape index (κ3) is 2.64. The number of imidazole rings is 2. The first-order valence-electron chi connectivity index (χ1n) is 8.52. The van der Waals surface area contributed by atoms with Gasteiger partial charge in [-0.2, -0.15) is 4.98 Å². The number of benzene rings is 1. The van der Waals surface area contributed by atoms with Crippen molar-refractivity contribution in [2.45, 2.75) is 13.5 Å². The summed E-state index contributed by atoms with van der Waals surface area (Å²) in [6.07, 6.45) is 1.87. The van der Waals surface area contributed by atoms with Crippen molar-refractivity contribution in [2.24, 2.45) is 14.1 Å². The quantitative estimate of drug-likeness (QED) is 0.579. The number of hydrogen-bond donors (Lipinski definition) is 1. The molecule has 0 unspecified atom stereocenters. The van der Waals surface area contributed by atoms with Crippen LogP contribution in [0.25, 0.3) is 16.9 Å². The molecular formula is C18H19ClN6O2. The standard InChI is InChI=1S/C18H19ClN6O2/c1-11-10-25-14-15(22(2)18(27)23(3)16(14)26)21-17(25)24(11)9-8-20-13-7-5-4-6-12(13)19/h4-7,10,20H,8-9H2,1-3H3. The molecule has 3 heterocycles. The minimum absolute atomic E-state index is 0.355. The molecule has 0 aliphatic heterocycles. The van der Waals surface area contributed by atoms with Crippen molar-refractivity contribution in [3.8, 4) is 0 Å². The number of rotatable bonds is 4. The van der Waals surface area contributed by atoms with E-state index in [1.165, 1.54) is 11.6 Å². The van der Waals surface area contributed by atoms with Gasteiger partial charge in [-0.1, -0.05) is 23.7 Å². The molecule has 27 heavy (non-hydrogen) atoms. The Labute approximate surface area is 159 Å². The van der Waals surface area contributed by atoms with Crippen LogP contribution in [0.2, 0.25) is 5.02 Å². The summed E-state index contributed by atoms with van der Waals surface area (Å²) in [7, 11) is 3.09. The first-order valence-corrected chi connectivity index (χ1v) is 8.90. The van der Waals surface area contributed by atoms with Crippen LogP contribution in [0.3, 0.4) is 0 Å². The largest absolute Gasteiger partial charge is 0.382 e. The fraction of sp³-hybridized carbons (Fsp3) is 0.278. The molecule has 8 nitrogen and oxygen atoms in total. The van der Waals surface area contributed by atoms with Gasteiger partial charge in [0, 0.05) is 39.1 Å². The third-order valence-electron chi connectivity index (χ3n) is 4.78. The number of aromatic nitrogens is 5. The molecule has 3 aromatic heterocycles. The number of anilines is 1. The maximum Gasteiger partial charge on any atom is 0.332 e. The van der Waals surface area contributed by atoms with E-state index in [1.807, 2.05) is 42.0 Å². The van der Waals surface area contributed by atoms with Gasteiger partial charge in [-0.25, -0.2) is 4.79 Å². The number of para-hydroxylation sites is 1. The maximum absolute atomic E-state index is 12.6. The molecule has 0 saturated heterocycles. The predicted molar refractivity (Wildman–Crippen MR) is 106 cm³/mol. The Bertz CT molecular complexity index is 1290. The molecule has 0 saturated carbocycles. The second-order valence-corrected chi connectivity index (χ2v) is 6.90. The Hall–Kier alpha value is -3.00. The molecule has 0 fully saturated rings. The summed E-state index contributed by atoms with van der Waals surface area (Å²) in [5, 5.41) is 3.97. The van der Waals surface area contributed by atoms with Crippen molar-refractivity contribution in [1.82, 2.24) is 23.1 Å². The van der Waals surface area contributed by atoms with Crippen LogP contribution in [0.4, 0.5) is 5.69 Å². The third-order valence-corrected chi connectivity index (χ3v) is 5.11. The monoisotopic (exact) mass is 386 g/mol. The minimum atomic E-state index is -0.392. The van der Waals surface area contributed by atoms with E-state index in [0.29, 0.717) is 35.1 Å². The van der Waals surface area contributed by atoms with E-state index >= 15 is 0 Å². The van der Waals surface area contributed by atoms with Gasteiger partial charge in [-0.05, 0) is 19.1 Å². The highest BCUT2D eigenvalue weighted by atomic mass is 35.5. The molecule has 4 aromatic rings. The molecule has 1 N–H and O–H groups in total. The lowest BCUT2D eigenvalue weighted by Crippen LogP contribution is -2.37. The van der Waals surface area contributed by atoms with E-state index in [9.17, 15) is 9.59 Å². The summed E-state index contributed by atoms with van der Waals surface area (Å²) in [5.41, 5.74) is 1.87. The summed E-state index contributed by atoms with van der Waals surface area (Å²) in [4.78, 5) is 29.3. The Morgan fingerprint density at radius 2 is 1.89 bits per heavy atom. The molecular weight excluding hydrogens is 368 g/mol. The van der Waals surface area contributed by atoms with Crippen molar-refractivity contribution in [3.05, 3.63) is 62.0 Å². The fourth-order valence-corrected chi connectivity index (χ4v) is 3.52. The van der Waals surface area contributed by atoms with Crippen molar-refractivity contribution < 1.29 is 0 Å². The Morgan fingerprint density at radius 3 is 2.63 bits per heavy atom. The van der Waals surface area contributed by atoms with Crippen LogP contribution >= 0.6 is 11.6 Å². The van der Waals surface area contributed by atoms with Crippen LogP contribution in [0, 0.1) is 6.92 Å². The zero-order chi connectivity index (χ0) is 19.3. The predicted octanol–water partition coefficient (Wildman–Crippen LogP) is 1.76. The van der Waals surface area contributed by atoms with Crippen molar-refractivity contribution >= 4 is 34.2 Å². The fourth-order valence-electron chi connectivity index (χ4n) is 3.31. The summed E-state index contributed by atoms with van der Waals surface area (Å²) in [6.45, 7) is 3.22. The SMILES string of the molecule is Cc1cn2c3c(=O)n(C)c(=O)n(C)c3nc2n1CCNc1ccccc1Cl. The molecule has 0 radical (unpaired) electrons. The number of nitrogens with one attached hydrogen (secondary N) is 1. The Balaban J connectivity index is 1.76. The highest BCUT2D eigenvalue weighted by Gasteiger charge is 2.18. The average molecular weight is 387 g/mol. The normalized spacial score (nSPS) is 11.6. The molecule has 0 spiro atoms. The molecule has 1 aromatic carbocycles.